The SMILES string of the molecule is CC(C)(C)c1ccc(C2c3ccsc3CCN2C(=O)CN(C(=O)C2C[C@H]2c2ccccc2)C2CC2)cc1. The van der Waals surface area contributed by atoms with E-state index >= 15 is 0 Å². The summed E-state index contributed by atoms with van der Waals surface area (Å²) in [5.41, 5.74) is 5.00. The molecule has 2 aromatic carbocycles. The molecule has 0 bridgehead atoms. The average Bonchev–Trinajstić information content (AvgIpc) is 3.83. The second-order valence-corrected chi connectivity index (χ2v) is 13.0. The van der Waals surface area contributed by atoms with Crippen molar-refractivity contribution in [2.75, 3.05) is 13.1 Å². The van der Waals surface area contributed by atoms with Gasteiger partial charge in [0.2, 0.25) is 11.8 Å². The highest BCUT2D eigenvalue weighted by Crippen LogP contribution is 2.49. The van der Waals surface area contributed by atoms with E-state index in [2.05, 4.69) is 68.6 Å². The summed E-state index contributed by atoms with van der Waals surface area (Å²) in [5.74, 6) is 0.548. The molecule has 0 spiro atoms. The standard InChI is InChI=1S/C32H36N2O2S/c1-32(2,3)23-11-9-22(10-12-23)30-25-16-18-37-28(25)15-17-33(30)29(35)20-34(24-13-14-24)31(36)27-19-26(27)21-7-5-4-6-8-21/h4-12,16,18,24,26-27,30H,13-15,17,19-20H2,1-3H3/t26-,27?,30?/m0/s1. The summed E-state index contributed by atoms with van der Waals surface area (Å²) in [6.45, 7) is 7.56. The highest BCUT2D eigenvalue weighted by Gasteiger charge is 2.49. The molecule has 2 fully saturated rings. The van der Waals surface area contributed by atoms with Crippen LogP contribution in [-0.4, -0.2) is 40.7 Å². The van der Waals surface area contributed by atoms with Crippen molar-refractivity contribution in [3.63, 3.8) is 0 Å². The number of amides is 2. The van der Waals surface area contributed by atoms with Crippen molar-refractivity contribution in [1.82, 2.24) is 9.80 Å². The third-order valence-corrected chi connectivity index (χ3v) is 9.29. The van der Waals surface area contributed by atoms with Gasteiger partial charge in [-0.2, -0.15) is 0 Å². The number of rotatable bonds is 6. The molecule has 2 unspecified atom stereocenters. The number of hydrogen-bond acceptors (Lipinski definition) is 3. The van der Waals surface area contributed by atoms with Crippen LogP contribution in [0.4, 0.5) is 0 Å². The van der Waals surface area contributed by atoms with Crippen molar-refractivity contribution in [1.29, 1.82) is 0 Å². The predicted molar refractivity (Wildman–Crippen MR) is 149 cm³/mol. The van der Waals surface area contributed by atoms with Gasteiger partial charge in [-0.15, -0.1) is 11.3 Å². The second kappa shape index (κ2) is 9.43. The molecule has 4 nitrogen and oxygen atoms in total. The van der Waals surface area contributed by atoms with Crippen molar-refractivity contribution in [2.45, 2.75) is 69.9 Å². The molecule has 5 heteroatoms. The summed E-state index contributed by atoms with van der Waals surface area (Å²) in [6.07, 6.45) is 3.79. The van der Waals surface area contributed by atoms with E-state index in [9.17, 15) is 9.59 Å². The van der Waals surface area contributed by atoms with Crippen molar-refractivity contribution in [3.8, 4) is 0 Å². The van der Waals surface area contributed by atoms with E-state index in [1.54, 1.807) is 11.3 Å². The van der Waals surface area contributed by atoms with Gasteiger partial charge in [-0.05, 0) is 70.7 Å². The van der Waals surface area contributed by atoms with E-state index in [1.165, 1.54) is 21.6 Å². The monoisotopic (exact) mass is 512 g/mol. The van der Waals surface area contributed by atoms with Gasteiger partial charge in [0.1, 0.15) is 6.54 Å². The summed E-state index contributed by atoms with van der Waals surface area (Å²) >= 11 is 1.79. The molecule has 1 aromatic heterocycles. The smallest absolute Gasteiger partial charge is 0.243 e. The Labute approximate surface area is 224 Å². The number of thiophene rings is 1. The van der Waals surface area contributed by atoms with Crippen molar-refractivity contribution in [3.05, 3.63) is 93.2 Å². The molecular weight excluding hydrogens is 476 g/mol. The zero-order valence-corrected chi connectivity index (χ0v) is 22.8. The van der Waals surface area contributed by atoms with Gasteiger partial charge in [0.05, 0.1) is 6.04 Å². The van der Waals surface area contributed by atoms with Crippen LogP contribution in [0.1, 0.15) is 79.1 Å². The van der Waals surface area contributed by atoms with E-state index in [1.807, 2.05) is 28.0 Å². The topological polar surface area (TPSA) is 40.6 Å². The summed E-state index contributed by atoms with van der Waals surface area (Å²) < 4.78 is 0. The zero-order chi connectivity index (χ0) is 25.7. The molecule has 0 N–H and O–H groups in total. The molecule has 0 radical (unpaired) electrons. The average molecular weight is 513 g/mol. The van der Waals surface area contributed by atoms with Gasteiger partial charge in [-0.3, -0.25) is 9.59 Å². The van der Waals surface area contributed by atoms with Gasteiger partial charge in [-0.1, -0.05) is 75.4 Å². The van der Waals surface area contributed by atoms with Gasteiger partial charge in [-0.25, -0.2) is 0 Å². The molecule has 2 aliphatic carbocycles. The molecule has 3 aromatic rings. The van der Waals surface area contributed by atoms with Crippen LogP contribution >= 0.6 is 11.3 Å². The molecular formula is C32H36N2O2S. The number of benzene rings is 2. The van der Waals surface area contributed by atoms with Crippen molar-refractivity contribution >= 4 is 23.2 Å². The fraction of sp³-hybridized carbons (Fsp3) is 0.438. The Morgan fingerprint density at radius 3 is 2.38 bits per heavy atom. The molecule has 6 rings (SSSR count). The summed E-state index contributed by atoms with van der Waals surface area (Å²) in [6, 6.07) is 21.4. The first-order valence-corrected chi connectivity index (χ1v) is 14.5. The fourth-order valence-electron chi connectivity index (χ4n) is 5.87. The first-order chi connectivity index (χ1) is 17.8. The van der Waals surface area contributed by atoms with Crippen molar-refractivity contribution < 1.29 is 9.59 Å². The molecule has 3 atom stereocenters. The minimum absolute atomic E-state index is 0.0152. The van der Waals surface area contributed by atoms with Crippen LogP contribution in [0.5, 0.6) is 0 Å². The van der Waals surface area contributed by atoms with Crippen LogP contribution in [0.3, 0.4) is 0 Å². The number of nitrogens with zero attached hydrogens (tertiary/aromatic N) is 2. The van der Waals surface area contributed by atoms with Gasteiger partial charge < -0.3 is 9.80 Å². The van der Waals surface area contributed by atoms with Crippen LogP contribution in [0.25, 0.3) is 0 Å². The lowest BCUT2D eigenvalue weighted by Crippen LogP contribution is -2.47. The molecule has 2 heterocycles. The molecule has 0 saturated heterocycles. The number of carbonyl (C=O) groups excluding carboxylic acids is 2. The molecule has 1 aliphatic heterocycles. The molecule has 3 aliphatic rings. The second-order valence-electron chi connectivity index (χ2n) is 12.0. The lowest BCUT2D eigenvalue weighted by Gasteiger charge is -2.38. The Morgan fingerprint density at radius 2 is 1.70 bits per heavy atom. The normalized spacial score (nSPS) is 22.9. The largest absolute Gasteiger partial charge is 0.330 e. The summed E-state index contributed by atoms with van der Waals surface area (Å²) in [5, 5.41) is 2.14. The minimum Gasteiger partial charge on any atom is -0.330 e. The number of fused-ring (bicyclic) bond motifs is 1. The van der Waals surface area contributed by atoms with Crippen LogP contribution in [0, 0.1) is 5.92 Å². The maximum atomic E-state index is 13.9. The van der Waals surface area contributed by atoms with Gasteiger partial charge >= 0.3 is 0 Å². The number of hydrogen-bond donors (Lipinski definition) is 0. The van der Waals surface area contributed by atoms with Crippen LogP contribution in [-0.2, 0) is 21.4 Å². The molecule has 2 saturated carbocycles. The maximum Gasteiger partial charge on any atom is 0.243 e. The number of carbonyl (C=O) groups is 2. The third kappa shape index (κ3) is 4.86. The van der Waals surface area contributed by atoms with E-state index in [0.29, 0.717) is 12.5 Å². The third-order valence-electron chi connectivity index (χ3n) is 8.29. The van der Waals surface area contributed by atoms with Crippen LogP contribution < -0.4 is 0 Å². The lowest BCUT2D eigenvalue weighted by molar-refractivity contribution is -0.143. The van der Waals surface area contributed by atoms with Gasteiger partial charge in [0, 0.05) is 23.4 Å². The Kier molecular flexibility index (Phi) is 6.22. The van der Waals surface area contributed by atoms with Gasteiger partial charge in [0.25, 0.3) is 0 Å². The van der Waals surface area contributed by atoms with E-state index in [4.69, 9.17) is 0 Å². The highest BCUT2D eigenvalue weighted by atomic mass is 32.1. The van der Waals surface area contributed by atoms with Crippen LogP contribution in [0.15, 0.2) is 66.0 Å². The van der Waals surface area contributed by atoms with E-state index < -0.39 is 0 Å². The van der Waals surface area contributed by atoms with Crippen molar-refractivity contribution in [2.24, 2.45) is 5.92 Å². The Hall–Kier alpha value is -2.92. The first-order valence-electron chi connectivity index (χ1n) is 13.6. The summed E-state index contributed by atoms with van der Waals surface area (Å²) in [7, 11) is 0. The molecule has 192 valence electrons. The first kappa shape index (κ1) is 24.4. The Bertz CT molecular complexity index is 1290. The Balaban J connectivity index is 1.23. The molecule has 37 heavy (non-hydrogen) atoms. The van der Waals surface area contributed by atoms with E-state index in [-0.39, 0.29) is 41.8 Å². The Morgan fingerprint density at radius 1 is 0.973 bits per heavy atom. The zero-order valence-electron chi connectivity index (χ0n) is 22.0. The van der Waals surface area contributed by atoms with Crippen LogP contribution in [0.2, 0.25) is 0 Å². The van der Waals surface area contributed by atoms with E-state index in [0.717, 1.165) is 31.2 Å². The fourth-order valence-corrected chi connectivity index (χ4v) is 6.77. The minimum atomic E-state index is -0.0920. The predicted octanol–water partition coefficient (Wildman–Crippen LogP) is 6.31. The maximum absolute atomic E-state index is 13.9. The molecule has 2 amide bonds. The highest BCUT2D eigenvalue weighted by molar-refractivity contribution is 7.10. The quantitative estimate of drug-likeness (QED) is 0.388. The lowest BCUT2D eigenvalue weighted by atomic mass is 9.85. The van der Waals surface area contributed by atoms with Gasteiger partial charge in [0.15, 0.2) is 0 Å². The summed E-state index contributed by atoms with van der Waals surface area (Å²) in [4.78, 5) is 32.8.